The fourth-order valence-electron chi connectivity index (χ4n) is 3.14. The van der Waals surface area contributed by atoms with Gasteiger partial charge in [-0.3, -0.25) is 14.5 Å². The van der Waals surface area contributed by atoms with Gasteiger partial charge in [-0.15, -0.1) is 0 Å². The van der Waals surface area contributed by atoms with Crippen molar-refractivity contribution in [2.45, 2.75) is 33.7 Å². The summed E-state index contributed by atoms with van der Waals surface area (Å²) in [6, 6.07) is 10.9. The van der Waals surface area contributed by atoms with Gasteiger partial charge in [0.05, 0.1) is 11.5 Å². The fraction of sp³-hybridized carbons (Fsp3) is 0.292. The van der Waals surface area contributed by atoms with Gasteiger partial charge < -0.3 is 14.8 Å². The molecule has 1 heterocycles. The number of rotatable bonds is 8. The van der Waals surface area contributed by atoms with Crippen molar-refractivity contribution in [3.63, 3.8) is 0 Å². The lowest BCUT2D eigenvalue weighted by Crippen LogP contribution is -2.34. The molecule has 1 saturated heterocycles. The standard InChI is InChI=1S/C24H25BrN2O4S2/c1-5-30-20-11-16(12-21-23(29)27(14(2)3)24(32)33-21)6-9-19(20)31-13-22(28)26-17-7-8-18(25)15(4)10-17/h6-12,14H,5,13H2,1-4H3,(H,26,28)/b21-12-. The molecular weight excluding hydrogens is 524 g/mol. The van der Waals surface area contributed by atoms with E-state index in [0.29, 0.717) is 33.0 Å². The van der Waals surface area contributed by atoms with Crippen LogP contribution >= 0.6 is 39.9 Å². The van der Waals surface area contributed by atoms with E-state index in [0.717, 1.165) is 15.6 Å². The fourth-order valence-corrected chi connectivity index (χ4v) is 4.91. The van der Waals surface area contributed by atoms with Gasteiger partial charge in [-0.2, -0.15) is 0 Å². The molecule has 0 saturated carbocycles. The zero-order chi connectivity index (χ0) is 24.1. The second-order valence-electron chi connectivity index (χ2n) is 7.59. The van der Waals surface area contributed by atoms with Gasteiger partial charge >= 0.3 is 0 Å². The van der Waals surface area contributed by atoms with Crippen molar-refractivity contribution < 1.29 is 19.1 Å². The Morgan fingerprint density at radius 3 is 2.61 bits per heavy atom. The Labute approximate surface area is 211 Å². The summed E-state index contributed by atoms with van der Waals surface area (Å²) in [6.07, 6.45) is 1.79. The lowest BCUT2D eigenvalue weighted by Gasteiger charge is -2.18. The first-order valence-corrected chi connectivity index (χ1v) is 12.4. The molecule has 0 bridgehead atoms. The molecule has 2 amide bonds. The minimum atomic E-state index is -0.277. The van der Waals surface area contributed by atoms with Crippen LogP contribution in [0.2, 0.25) is 0 Å². The van der Waals surface area contributed by atoms with Crippen molar-refractivity contribution in [2.24, 2.45) is 0 Å². The molecule has 33 heavy (non-hydrogen) atoms. The molecule has 3 rings (SSSR count). The molecule has 1 fully saturated rings. The number of amides is 2. The van der Waals surface area contributed by atoms with Gasteiger partial charge in [-0.25, -0.2) is 0 Å². The highest BCUT2D eigenvalue weighted by atomic mass is 79.9. The highest BCUT2D eigenvalue weighted by molar-refractivity contribution is 9.10. The molecule has 0 aliphatic carbocycles. The van der Waals surface area contributed by atoms with Crippen LogP contribution in [-0.4, -0.2) is 40.3 Å². The van der Waals surface area contributed by atoms with Crippen molar-refractivity contribution in [3.05, 3.63) is 56.9 Å². The van der Waals surface area contributed by atoms with E-state index >= 15 is 0 Å². The third-order valence-electron chi connectivity index (χ3n) is 4.71. The first kappa shape index (κ1) is 25.3. The summed E-state index contributed by atoms with van der Waals surface area (Å²) in [7, 11) is 0. The zero-order valence-electron chi connectivity index (χ0n) is 18.8. The van der Waals surface area contributed by atoms with E-state index in [2.05, 4.69) is 21.2 Å². The molecular formula is C24H25BrN2O4S2. The Hall–Kier alpha value is -2.36. The molecule has 6 nitrogen and oxygen atoms in total. The lowest BCUT2D eigenvalue weighted by molar-refractivity contribution is -0.123. The summed E-state index contributed by atoms with van der Waals surface area (Å²) in [6.45, 7) is 7.95. The van der Waals surface area contributed by atoms with Gasteiger partial charge in [-0.05, 0) is 75.2 Å². The summed E-state index contributed by atoms with van der Waals surface area (Å²) in [4.78, 5) is 27.2. The quantitative estimate of drug-likeness (QED) is 0.333. The Bertz CT molecular complexity index is 1120. The summed E-state index contributed by atoms with van der Waals surface area (Å²) < 4.78 is 13.0. The van der Waals surface area contributed by atoms with Crippen molar-refractivity contribution in [3.8, 4) is 11.5 Å². The molecule has 0 unspecified atom stereocenters. The van der Waals surface area contributed by atoms with Crippen molar-refractivity contribution in [1.29, 1.82) is 0 Å². The van der Waals surface area contributed by atoms with Gasteiger partial charge in [0.25, 0.3) is 11.8 Å². The van der Waals surface area contributed by atoms with Gasteiger partial charge in [0.1, 0.15) is 4.32 Å². The number of carbonyl (C=O) groups is 2. The molecule has 2 aromatic rings. The van der Waals surface area contributed by atoms with Crippen LogP contribution in [0.15, 0.2) is 45.8 Å². The number of aryl methyl sites for hydroxylation is 1. The number of thiocarbonyl (C=S) groups is 1. The Morgan fingerprint density at radius 2 is 1.97 bits per heavy atom. The van der Waals surface area contributed by atoms with Gasteiger partial charge in [0.2, 0.25) is 0 Å². The molecule has 1 N–H and O–H groups in total. The maximum atomic E-state index is 12.7. The number of hydrogen-bond donors (Lipinski definition) is 1. The molecule has 9 heteroatoms. The number of ether oxygens (including phenoxy) is 2. The van der Waals surface area contributed by atoms with E-state index in [-0.39, 0.29) is 24.5 Å². The van der Waals surface area contributed by atoms with Crippen LogP contribution in [0.25, 0.3) is 6.08 Å². The number of benzene rings is 2. The highest BCUT2D eigenvalue weighted by Gasteiger charge is 2.33. The predicted molar refractivity (Wildman–Crippen MR) is 141 cm³/mol. The number of carbonyl (C=O) groups excluding carboxylic acids is 2. The largest absolute Gasteiger partial charge is 0.490 e. The topological polar surface area (TPSA) is 67.9 Å². The predicted octanol–water partition coefficient (Wildman–Crippen LogP) is 5.78. The van der Waals surface area contributed by atoms with Crippen molar-refractivity contribution in [1.82, 2.24) is 4.90 Å². The van der Waals surface area contributed by atoms with Crippen LogP contribution in [0.1, 0.15) is 31.9 Å². The van der Waals surface area contributed by atoms with Gasteiger partial charge in [0.15, 0.2) is 18.1 Å². The van der Waals surface area contributed by atoms with Crippen molar-refractivity contribution >= 4 is 67.8 Å². The first-order valence-electron chi connectivity index (χ1n) is 10.4. The molecule has 174 valence electrons. The maximum Gasteiger partial charge on any atom is 0.266 e. The third kappa shape index (κ3) is 6.37. The number of nitrogens with one attached hydrogen (secondary N) is 1. The van der Waals surface area contributed by atoms with E-state index in [1.807, 2.05) is 52.0 Å². The summed E-state index contributed by atoms with van der Waals surface area (Å²) in [5.74, 6) is 0.572. The number of thioether (sulfide) groups is 1. The van der Waals surface area contributed by atoms with Gasteiger partial charge in [-0.1, -0.05) is 46.0 Å². The number of halogens is 1. The van der Waals surface area contributed by atoms with Crippen LogP contribution < -0.4 is 14.8 Å². The first-order chi connectivity index (χ1) is 15.7. The van der Waals surface area contributed by atoms with E-state index in [1.54, 1.807) is 23.1 Å². The molecule has 0 atom stereocenters. The van der Waals surface area contributed by atoms with E-state index < -0.39 is 0 Å². The highest BCUT2D eigenvalue weighted by Crippen LogP contribution is 2.35. The average molecular weight is 550 g/mol. The number of anilines is 1. The van der Waals surface area contributed by atoms with Crippen LogP contribution in [0.4, 0.5) is 5.69 Å². The monoisotopic (exact) mass is 548 g/mol. The minimum Gasteiger partial charge on any atom is -0.490 e. The SMILES string of the molecule is CCOc1cc(/C=C2\SC(=S)N(C(C)C)C2=O)ccc1OCC(=O)Nc1ccc(Br)c(C)c1. The molecule has 1 aliphatic rings. The Balaban J connectivity index is 1.71. The molecule has 2 aromatic carbocycles. The van der Waals surface area contributed by atoms with Crippen LogP contribution in [0.5, 0.6) is 11.5 Å². The van der Waals surface area contributed by atoms with Crippen LogP contribution in [-0.2, 0) is 9.59 Å². The molecule has 0 radical (unpaired) electrons. The second kappa shape index (κ2) is 11.2. The van der Waals surface area contributed by atoms with E-state index in [4.69, 9.17) is 21.7 Å². The molecule has 1 aliphatic heterocycles. The summed E-state index contributed by atoms with van der Waals surface area (Å²) in [5, 5.41) is 2.82. The molecule has 0 spiro atoms. The van der Waals surface area contributed by atoms with Crippen molar-refractivity contribution in [2.75, 3.05) is 18.5 Å². The summed E-state index contributed by atoms with van der Waals surface area (Å²) >= 11 is 10.1. The average Bonchev–Trinajstić information content (AvgIpc) is 3.03. The second-order valence-corrected chi connectivity index (χ2v) is 10.1. The normalized spacial score (nSPS) is 14.8. The lowest BCUT2D eigenvalue weighted by atomic mass is 10.1. The number of hydrogen-bond acceptors (Lipinski definition) is 6. The zero-order valence-corrected chi connectivity index (χ0v) is 22.0. The number of nitrogens with zero attached hydrogens (tertiary/aromatic N) is 1. The maximum absolute atomic E-state index is 12.7. The minimum absolute atomic E-state index is 0.00522. The van der Waals surface area contributed by atoms with E-state index in [1.165, 1.54) is 11.8 Å². The molecule has 0 aromatic heterocycles. The summed E-state index contributed by atoms with van der Waals surface area (Å²) in [5.41, 5.74) is 2.50. The Morgan fingerprint density at radius 1 is 1.21 bits per heavy atom. The third-order valence-corrected chi connectivity index (χ3v) is 6.93. The van der Waals surface area contributed by atoms with E-state index in [9.17, 15) is 9.59 Å². The van der Waals surface area contributed by atoms with Gasteiger partial charge in [0, 0.05) is 16.2 Å². The smallest absolute Gasteiger partial charge is 0.266 e. The van der Waals surface area contributed by atoms with Crippen LogP contribution in [0, 0.1) is 6.92 Å². The Kier molecular flexibility index (Phi) is 8.56. The van der Waals surface area contributed by atoms with Crippen LogP contribution in [0.3, 0.4) is 0 Å².